The molecule has 0 saturated carbocycles. The van der Waals surface area contributed by atoms with Crippen LogP contribution in [0.4, 0.5) is 0 Å². The highest BCUT2D eigenvalue weighted by atomic mass is 16.7. The number of benzene rings is 1. The Morgan fingerprint density at radius 3 is 2.79 bits per heavy atom. The van der Waals surface area contributed by atoms with Crippen molar-refractivity contribution >= 4 is 5.91 Å². The van der Waals surface area contributed by atoms with E-state index < -0.39 is 36.9 Å². The van der Waals surface area contributed by atoms with E-state index in [1.165, 1.54) is 6.92 Å². The Labute approximate surface area is 138 Å². The molecule has 0 aromatic heterocycles. The fourth-order valence-corrected chi connectivity index (χ4v) is 2.93. The van der Waals surface area contributed by atoms with E-state index in [1.54, 1.807) is 0 Å². The first kappa shape index (κ1) is 16.7. The van der Waals surface area contributed by atoms with Crippen LogP contribution in [0.25, 0.3) is 10.4 Å². The van der Waals surface area contributed by atoms with Gasteiger partial charge in [0, 0.05) is 17.4 Å². The van der Waals surface area contributed by atoms with Gasteiger partial charge < -0.3 is 24.6 Å². The van der Waals surface area contributed by atoms with Gasteiger partial charge in [-0.15, -0.1) is 0 Å². The molecule has 2 N–H and O–H groups in total. The second-order valence-corrected chi connectivity index (χ2v) is 5.66. The number of aliphatic hydroxyl groups is 1. The molecule has 0 unspecified atom stereocenters. The average Bonchev–Trinajstić information content (AvgIpc) is 2.59. The van der Waals surface area contributed by atoms with Gasteiger partial charge in [0.05, 0.1) is 12.6 Å². The number of ether oxygens (including phenoxy) is 3. The number of aliphatic hydroxyl groups excluding tert-OH is 1. The monoisotopic (exact) mass is 334 g/mol. The lowest BCUT2D eigenvalue weighted by Gasteiger charge is -2.47. The van der Waals surface area contributed by atoms with Crippen LogP contribution < -0.4 is 5.32 Å². The van der Waals surface area contributed by atoms with Gasteiger partial charge in [0.1, 0.15) is 18.3 Å². The fraction of sp³-hybridized carbons (Fsp3) is 0.533. The zero-order valence-corrected chi connectivity index (χ0v) is 13.0. The summed E-state index contributed by atoms with van der Waals surface area (Å²) in [7, 11) is 0. The molecule has 0 aliphatic carbocycles. The SMILES string of the molecule is CC(=O)N[C@@H]1[C@@H](O)[C@H]2O[C@@H](c3ccccc3)OC[C@H]2O[C@@H]1N=[N+]=[N-]. The van der Waals surface area contributed by atoms with E-state index >= 15 is 0 Å². The maximum absolute atomic E-state index is 11.4. The highest BCUT2D eigenvalue weighted by Gasteiger charge is 2.49. The molecular formula is C15H18N4O5. The van der Waals surface area contributed by atoms with Crippen molar-refractivity contribution in [1.29, 1.82) is 0 Å². The Kier molecular flexibility index (Phi) is 4.98. The summed E-state index contributed by atoms with van der Waals surface area (Å²) >= 11 is 0. The number of azide groups is 1. The smallest absolute Gasteiger partial charge is 0.217 e. The number of nitrogens with zero attached hydrogens (tertiary/aromatic N) is 3. The number of rotatable bonds is 3. The number of carbonyl (C=O) groups is 1. The highest BCUT2D eigenvalue weighted by molar-refractivity contribution is 5.73. The predicted octanol–water partition coefficient (Wildman–Crippen LogP) is 1.00. The maximum Gasteiger partial charge on any atom is 0.217 e. The van der Waals surface area contributed by atoms with Gasteiger partial charge >= 0.3 is 0 Å². The van der Waals surface area contributed by atoms with E-state index in [0.29, 0.717) is 0 Å². The predicted molar refractivity (Wildman–Crippen MR) is 81.4 cm³/mol. The third-order valence-corrected chi connectivity index (χ3v) is 3.99. The molecule has 9 heteroatoms. The zero-order chi connectivity index (χ0) is 17.1. The molecule has 2 aliphatic rings. The van der Waals surface area contributed by atoms with Gasteiger partial charge in [-0.25, -0.2) is 0 Å². The number of hydrogen-bond donors (Lipinski definition) is 2. The lowest BCUT2D eigenvalue weighted by Crippen LogP contribution is -2.65. The summed E-state index contributed by atoms with van der Waals surface area (Å²) in [5, 5.41) is 16.7. The van der Waals surface area contributed by atoms with Gasteiger partial charge in [0.15, 0.2) is 12.5 Å². The summed E-state index contributed by atoms with van der Waals surface area (Å²) in [4.78, 5) is 14.1. The van der Waals surface area contributed by atoms with E-state index in [2.05, 4.69) is 15.3 Å². The molecule has 2 fully saturated rings. The molecule has 6 atom stereocenters. The summed E-state index contributed by atoms with van der Waals surface area (Å²) in [6.07, 6.45) is -4.08. The van der Waals surface area contributed by atoms with Crippen LogP contribution in [0, 0.1) is 0 Å². The number of amides is 1. The van der Waals surface area contributed by atoms with Crippen molar-refractivity contribution in [2.45, 2.75) is 43.8 Å². The second-order valence-electron chi connectivity index (χ2n) is 5.66. The molecule has 24 heavy (non-hydrogen) atoms. The van der Waals surface area contributed by atoms with Crippen LogP contribution in [0.1, 0.15) is 18.8 Å². The molecule has 0 spiro atoms. The van der Waals surface area contributed by atoms with Crippen LogP contribution in [-0.2, 0) is 19.0 Å². The van der Waals surface area contributed by atoms with Crippen molar-refractivity contribution in [3.63, 3.8) is 0 Å². The van der Waals surface area contributed by atoms with Crippen LogP contribution >= 0.6 is 0 Å². The van der Waals surface area contributed by atoms with Gasteiger partial charge in [0.2, 0.25) is 5.91 Å². The van der Waals surface area contributed by atoms with Gasteiger partial charge in [-0.3, -0.25) is 4.79 Å². The molecular weight excluding hydrogens is 316 g/mol. The fourth-order valence-electron chi connectivity index (χ4n) is 2.93. The molecule has 1 amide bonds. The molecule has 1 aromatic rings. The number of fused-ring (bicyclic) bond motifs is 1. The van der Waals surface area contributed by atoms with E-state index in [-0.39, 0.29) is 12.5 Å². The first-order chi connectivity index (χ1) is 11.6. The number of hydrogen-bond acceptors (Lipinski definition) is 6. The Morgan fingerprint density at radius 1 is 1.38 bits per heavy atom. The van der Waals surface area contributed by atoms with Gasteiger partial charge in [-0.05, 0) is 5.53 Å². The van der Waals surface area contributed by atoms with Crippen molar-refractivity contribution in [2.75, 3.05) is 6.61 Å². The zero-order valence-electron chi connectivity index (χ0n) is 13.0. The van der Waals surface area contributed by atoms with Crippen LogP contribution in [0.3, 0.4) is 0 Å². The largest absolute Gasteiger partial charge is 0.388 e. The van der Waals surface area contributed by atoms with Crippen molar-refractivity contribution < 1.29 is 24.1 Å². The lowest BCUT2D eigenvalue weighted by atomic mass is 9.95. The molecule has 2 heterocycles. The quantitative estimate of drug-likeness (QED) is 0.484. The molecule has 1 aromatic carbocycles. The second kappa shape index (κ2) is 7.16. The first-order valence-electron chi connectivity index (χ1n) is 7.57. The summed E-state index contributed by atoms with van der Waals surface area (Å²) in [6.45, 7) is 1.48. The molecule has 2 aliphatic heterocycles. The van der Waals surface area contributed by atoms with Crippen LogP contribution in [-0.4, -0.2) is 48.2 Å². The van der Waals surface area contributed by atoms with E-state index in [0.717, 1.165) is 5.56 Å². The van der Waals surface area contributed by atoms with Crippen molar-refractivity contribution in [2.24, 2.45) is 5.11 Å². The minimum absolute atomic E-state index is 0.172. The molecule has 0 radical (unpaired) electrons. The molecule has 2 saturated heterocycles. The van der Waals surface area contributed by atoms with Crippen LogP contribution in [0.2, 0.25) is 0 Å². The first-order valence-corrected chi connectivity index (χ1v) is 7.57. The molecule has 3 rings (SSSR count). The molecule has 9 nitrogen and oxygen atoms in total. The minimum atomic E-state index is -1.10. The van der Waals surface area contributed by atoms with Crippen LogP contribution in [0.15, 0.2) is 35.4 Å². The number of carbonyl (C=O) groups excluding carboxylic acids is 1. The number of nitrogens with one attached hydrogen (secondary N) is 1. The Bertz CT molecular complexity index is 636. The van der Waals surface area contributed by atoms with Crippen molar-refractivity contribution in [3.05, 3.63) is 46.3 Å². The Morgan fingerprint density at radius 2 is 2.12 bits per heavy atom. The standard InChI is InChI=1S/C15H18N4O5/c1-8(20)17-11-12(21)13-10(23-14(11)18-19-16)7-22-15(24-13)9-5-3-2-4-6-9/h2-6,10-15,21H,7H2,1H3,(H,17,20)/t10-,11-,12-,13+,14+,15+/m1/s1. The summed E-state index contributed by atoms with van der Waals surface area (Å²) in [6, 6.07) is 8.42. The third kappa shape index (κ3) is 3.35. The average molecular weight is 334 g/mol. The van der Waals surface area contributed by atoms with Gasteiger partial charge in [0.25, 0.3) is 0 Å². The van der Waals surface area contributed by atoms with E-state index in [4.69, 9.17) is 19.7 Å². The summed E-state index contributed by atoms with van der Waals surface area (Å²) in [5.74, 6) is -0.370. The summed E-state index contributed by atoms with van der Waals surface area (Å²) in [5.41, 5.74) is 9.48. The third-order valence-electron chi connectivity index (χ3n) is 3.99. The van der Waals surface area contributed by atoms with Crippen molar-refractivity contribution in [3.8, 4) is 0 Å². The lowest BCUT2D eigenvalue weighted by molar-refractivity contribution is -0.314. The van der Waals surface area contributed by atoms with Crippen LogP contribution in [0.5, 0.6) is 0 Å². The van der Waals surface area contributed by atoms with E-state index in [1.807, 2.05) is 30.3 Å². The van der Waals surface area contributed by atoms with Crippen molar-refractivity contribution in [1.82, 2.24) is 5.32 Å². The van der Waals surface area contributed by atoms with E-state index in [9.17, 15) is 9.90 Å². The molecule has 0 bridgehead atoms. The Hall–Kier alpha value is -2.16. The van der Waals surface area contributed by atoms with Gasteiger partial charge in [-0.1, -0.05) is 35.4 Å². The minimum Gasteiger partial charge on any atom is -0.388 e. The van der Waals surface area contributed by atoms with Gasteiger partial charge in [-0.2, -0.15) is 0 Å². The molecule has 128 valence electrons. The Balaban J connectivity index is 1.79. The highest BCUT2D eigenvalue weighted by Crippen LogP contribution is 2.34. The normalized spacial score (nSPS) is 35.4. The topological polar surface area (TPSA) is 126 Å². The maximum atomic E-state index is 11.4. The summed E-state index contributed by atoms with van der Waals surface area (Å²) < 4.78 is 17.1.